The zero-order valence-corrected chi connectivity index (χ0v) is 9.97. The smallest absolute Gasteiger partial charge is 0.322 e. The highest BCUT2D eigenvalue weighted by Crippen LogP contribution is 2.19. The third kappa shape index (κ3) is 2.72. The predicted octanol–water partition coefficient (Wildman–Crippen LogP) is 1.96. The van der Waals surface area contributed by atoms with Crippen LogP contribution in [0.5, 0.6) is 6.01 Å². The van der Waals surface area contributed by atoms with Gasteiger partial charge >= 0.3 is 6.01 Å². The first kappa shape index (κ1) is 11.4. The molecule has 0 amide bonds. The molecule has 2 aromatic heterocycles. The van der Waals surface area contributed by atoms with Gasteiger partial charge in [-0.25, -0.2) is 0 Å². The molecule has 0 atom stereocenters. The summed E-state index contributed by atoms with van der Waals surface area (Å²) in [5, 5.41) is 2.87. The minimum Gasteiger partial charge on any atom is -0.472 e. The van der Waals surface area contributed by atoms with Crippen LogP contribution in [0.2, 0.25) is 0 Å². The van der Waals surface area contributed by atoms with Crippen molar-refractivity contribution in [3.63, 3.8) is 0 Å². The standard InChI is InChI=1S/C11H14N4O2/c1-7(2)17-11-14-9(8-4-5-16-6-8)13-10(12-3)15-11/h4-7H,1-3H3,(H,12,13,14,15). The van der Waals surface area contributed by atoms with Crippen molar-refractivity contribution in [3.05, 3.63) is 18.6 Å². The van der Waals surface area contributed by atoms with E-state index in [0.717, 1.165) is 5.56 Å². The van der Waals surface area contributed by atoms with Crippen molar-refractivity contribution in [1.29, 1.82) is 0 Å². The first-order valence-corrected chi connectivity index (χ1v) is 5.32. The zero-order valence-electron chi connectivity index (χ0n) is 9.97. The number of nitrogens with zero attached hydrogens (tertiary/aromatic N) is 3. The Kier molecular flexibility index (Phi) is 3.22. The lowest BCUT2D eigenvalue weighted by Crippen LogP contribution is -2.11. The summed E-state index contributed by atoms with van der Waals surface area (Å²) in [5.41, 5.74) is 0.789. The fourth-order valence-electron chi connectivity index (χ4n) is 1.25. The van der Waals surface area contributed by atoms with Crippen molar-refractivity contribution in [2.75, 3.05) is 12.4 Å². The second kappa shape index (κ2) is 4.82. The van der Waals surface area contributed by atoms with Crippen LogP contribution in [0.4, 0.5) is 5.95 Å². The lowest BCUT2D eigenvalue weighted by molar-refractivity contribution is 0.222. The summed E-state index contributed by atoms with van der Waals surface area (Å²) >= 11 is 0. The van der Waals surface area contributed by atoms with Gasteiger partial charge in [0, 0.05) is 7.05 Å². The van der Waals surface area contributed by atoms with Gasteiger partial charge in [0.15, 0.2) is 5.82 Å². The van der Waals surface area contributed by atoms with Gasteiger partial charge in [-0.3, -0.25) is 0 Å². The van der Waals surface area contributed by atoms with Crippen molar-refractivity contribution in [2.24, 2.45) is 0 Å². The number of hydrogen-bond donors (Lipinski definition) is 1. The van der Waals surface area contributed by atoms with Crippen LogP contribution in [0.15, 0.2) is 23.0 Å². The summed E-state index contributed by atoms with van der Waals surface area (Å²) in [7, 11) is 1.74. The minimum absolute atomic E-state index is 0.0132. The highest BCUT2D eigenvalue weighted by Gasteiger charge is 2.10. The van der Waals surface area contributed by atoms with Gasteiger partial charge in [0.2, 0.25) is 5.95 Å². The second-order valence-corrected chi connectivity index (χ2v) is 3.69. The monoisotopic (exact) mass is 234 g/mol. The molecule has 0 aliphatic heterocycles. The van der Waals surface area contributed by atoms with E-state index >= 15 is 0 Å². The van der Waals surface area contributed by atoms with E-state index < -0.39 is 0 Å². The molecule has 1 N–H and O–H groups in total. The molecule has 0 aliphatic rings. The molecule has 0 aliphatic carbocycles. The molecule has 0 saturated heterocycles. The summed E-state index contributed by atoms with van der Waals surface area (Å²) in [6.07, 6.45) is 3.16. The SMILES string of the molecule is CNc1nc(OC(C)C)nc(-c2ccoc2)n1. The van der Waals surface area contributed by atoms with Crippen LogP contribution in [0.1, 0.15) is 13.8 Å². The maximum Gasteiger partial charge on any atom is 0.322 e. The average molecular weight is 234 g/mol. The van der Waals surface area contributed by atoms with E-state index in [1.807, 2.05) is 13.8 Å². The van der Waals surface area contributed by atoms with Gasteiger partial charge in [-0.2, -0.15) is 15.0 Å². The average Bonchev–Trinajstić information content (AvgIpc) is 2.81. The number of hydrogen-bond acceptors (Lipinski definition) is 6. The summed E-state index contributed by atoms with van der Waals surface area (Å²) in [5.74, 6) is 0.987. The van der Waals surface area contributed by atoms with Gasteiger partial charge in [0.25, 0.3) is 0 Å². The largest absolute Gasteiger partial charge is 0.472 e. The Morgan fingerprint density at radius 1 is 1.29 bits per heavy atom. The number of aromatic nitrogens is 3. The molecule has 6 heteroatoms. The van der Waals surface area contributed by atoms with Crippen molar-refractivity contribution in [1.82, 2.24) is 15.0 Å². The van der Waals surface area contributed by atoms with E-state index in [0.29, 0.717) is 17.8 Å². The second-order valence-electron chi connectivity index (χ2n) is 3.69. The Morgan fingerprint density at radius 2 is 2.12 bits per heavy atom. The molecule has 2 heterocycles. The lowest BCUT2D eigenvalue weighted by atomic mass is 10.3. The molecule has 2 aromatic rings. The number of nitrogens with one attached hydrogen (secondary N) is 1. The van der Waals surface area contributed by atoms with E-state index in [4.69, 9.17) is 9.15 Å². The molecule has 0 aromatic carbocycles. The van der Waals surface area contributed by atoms with Crippen LogP contribution in [0, 0.1) is 0 Å². The van der Waals surface area contributed by atoms with Crippen LogP contribution < -0.4 is 10.1 Å². The maximum atomic E-state index is 5.46. The van der Waals surface area contributed by atoms with Crippen LogP contribution in [-0.4, -0.2) is 28.1 Å². The van der Waals surface area contributed by atoms with E-state index in [1.54, 1.807) is 25.6 Å². The highest BCUT2D eigenvalue weighted by atomic mass is 16.5. The fourth-order valence-corrected chi connectivity index (χ4v) is 1.25. The van der Waals surface area contributed by atoms with Crippen LogP contribution in [0.3, 0.4) is 0 Å². The predicted molar refractivity (Wildman–Crippen MR) is 62.8 cm³/mol. The zero-order chi connectivity index (χ0) is 12.3. The molecule has 17 heavy (non-hydrogen) atoms. The summed E-state index contributed by atoms with van der Waals surface area (Å²) in [4.78, 5) is 12.6. The number of furan rings is 1. The quantitative estimate of drug-likeness (QED) is 0.871. The molecule has 0 fully saturated rings. The Balaban J connectivity index is 2.38. The summed E-state index contributed by atoms with van der Waals surface area (Å²) in [6.45, 7) is 3.83. The molecule has 0 saturated carbocycles. The molecule has 0 radical (unpaired) electrons. The number of rotatable bonds is 4. The molecule has 0 bridgehead atoms. The topological polar surface area (TPSA) is 73.1 Å². The van der Waals surface area contributed by atoms with Gasteiger partial charge in [0.1, 0.15) is 6.26 Å². The Morgan fingerprint density at radius 3 is 2.71 bits per heavy atom. The van der Waals surface area contributed by atoms with Crippen molar-refractivity contribution >= 4 is 5.95 Å². The molecule has 0 spiro atoms. The Labute approximate surface area is 99.1 Å². The van der Waals surface area contributed by atoms with Crippen LogP contribution in [0.25, 0.3) is 11.4 Å². The first-order valence-electron chi connectivity index (χ1n) is 5.32. The molecule has 2 rings (SSSR count). The van der Waals surface area contributed by atoms with Crippen molar-refractivity contribution in [2.45, 2.75) is 20.0 Å². The van der Waals surface area contributed by atoms with Gasteiger partial charge in [0.05, 0.1) is 17.9 Å². The van der Waals surface area contributed by atoms with Gasteiger partial charge in [-0.1, -0.05) is 0 Å². The van der Waals surface area contributed by atoms with Crippen molar-refractivity contribution in [3.8, 4) is 17.4 Å². The normalized spacial score (nSPS) is 10.6. The molecule has 90 valence electrons. The lowest BCUT2D eigenvalue weighted by Gasteiger charge is -2.09. The van der Waals surface area contributed by atoms with Gasteiger partial charge < -0.3 is 14.5 Å². The third-order valence-corrected chi connectivity index (χ3v) is 1.96. The van der Waals surface area contributed by atoms with Gasteiger partial charge in [-0.15, -0.1) is 0 Å². The molecule has 0 unspecified atom stereocenters. The maximum absolute atomic E-state index is 5.46. The molecular weight excluding hydrogens is 220 g/mol. The van der Waals surface area contributed by atoms with E-state index in [9.17, 15) is 0 Å². The molecular formula is C11H14N4O2. The summed E-state index contributed by atoms with van der Waals surface area (Å²) in [6, 6.07) is 2.09. The highest BCUT2D eigenvalue weighted by molar-refractivity contribution is 5.54. The summed E-state index contributed by atoms with van der Waals surface area (Å²) < 4.78 is 10.5. The fraction of sp³-hybridized carbons (Fsp3) is 0.364. The Hall–Kier alpha value is -2.11. The van der Waals surface area contributed by atoms with E-state index in [-0.39, 0.29) is 6.10 Å². The van der Waals surface area contributed by atoms with Crippen LogP contribution in [-0.2, 0) is 0 Å². The van der Waals surface area contributed by atoms with E-state index in [1.165, 1.54) is 0 Å². The van der Waals surface area contributed by atoms with E-state index in [2.05, 4.69) is 20.3 Å². The molecule has 6 nitrogen and oxygen atoms in total. The van der Waals surface area contributed by atoms with Crippen molar-refractivity contribution < 1.29 is 9.15 Å². The van der Waals surface area contributed by atoms with Crippen LogP contribution >= 0.6 is 0 Å². The first-order chi connectivity index (χ1) is 8.19. The number of anilines is 1. The number of ether oxygens (including phenoxy) is 1. The Bertz CT molecular complexity index is 482. The minimum atomic E-state index is 0.0132. The third-order valence-electron chi connectivity index (χ3n) is 1.96. The van der Waals surface area contributed by atoms with Gasteiger partial charge in [-0.05, 0) is 19.9 Å².